The number of nitrogen functional groups attached to an aromatic ring is 1. The molecule has 3 heterocycles. The summed E-state index contributed by atoms with van der Waals surface area (Å²) >= 11 is 0. The van der Waals surface area contributed by atoms with Gasteiger partial charge in [0.2, 0.25) is 0 Å². The number of aromatic nitrogens is 5. The fraction of sp³-hybridized carbons (Fsp3) is 0.136. The minimum atomic E-state index is -0.384. The zero-order valence-electron chi connectivity index (χ0n) is 16.5. The number of pyridine rings is 1. The zero-order valence-corrected chi connectivity index (χ0v) is 16.5. The summed E-state index contributed by atoms with van der Waals surface area (Å²) in [6.45, 7) is 1.92. The first-order chi connectivity index (χ1) is 14.5. The molecule has 2 aromatic carbocycles. The van der Waals surface area contributed by atoms with Crippen LogP contribution in [0.5, 0.6) is 5.75 Å². The maximum Gasteiger partial charge on any atom is 0.166 e. The lowest BCUT2D eigenvalue weighted by Crippen LogP contribution is -2.10. The van der Waals surface area contributed by atoms with E-state index in [0.717, 1.165) is 22.2 Å². The van der Waals surface area contributed by atoms with Gasteiger partial charge in [0.15, 0.2) is 11.6 Å². The first-order valence-corrected chi connectivity index (χ1v) is 9.48. The molecule has 0 spiro atoms. The van der Waals surface area contributed by atoms with Crippen molar-refractivity contribution in [1.29, 1.82) is 0 Å². The molecule has 0 aliphatic heterocycles. The Kier molecular flexibility index (Phi) is 4.13. The fourth-order valence-electron chi connectivity index (χ4n) is 3.63. The molecule has 1 atom stereocenters. The Hall–Kier alpha value is -3.94. The predicted octanol–water partition coefficient (Wildman–Crippen LogP) is 4.17. The van der Waals surface area contributed by atoms with Gasteiger partial charge in [0, 0.05) is 42.0 Å². The van der Waals surface area contributed by atoms with Crippen molar-refractivity contribution in [1.82, 2.24) is 24.5 Å². The van der Waals surface area contributed by atoms with Crippen molar-refractivity contribution in [3.05, 3.63) is 72.4 Å². The van der Waals surface area contributed by atoms with E-state index in [4.69, 9.17) is 10.5 Å². The second-order valence-corrected chi connectivity index (χ2v) is 7.19. The Balaban J connectivity index is 1.59. The summed E-state index contributed by atoms with van der Waals surface area (Å²) in [6, 6.07) is 12.0. The summed E-state index contributed by atoms with van der Waals surface area (Å²) in [5.74, 6) is 0.309. The number of fused-ring (bicyclic) bond motifs is 2. The van der Waals surface area contributed by atoms with Crippen LogP contribution >= 0.6 is 0 Å². The Morgan fingerprint density at radius 2 is 1.97 bits per heavy atom. The Morgan fingerprint density at radius 1 is 1.10 bits per heavy atom. The van der Waals surface area contributed by atoms with E-state index in [2.05, 4.69) is 15.2 Å². The molecule has 0 saturated carbocycles. The number of aryl methyl sites for hydroxylation is 1. The molecule has 0 aliphatic carbocycles. The van der Waals surface area contributed by atoms with Crippen LogP contribution in [-0.2, 0) is 7.05 Å². The van der Waals surface area contributed by atoms with Gasteiger partial charge >= 0.3 is 0 Å². The minimum absolute atomic E-state index is 0.250. The van der Waals surface area contributed by atoms with Crippen molar-refractivity contribution in [2.24, 2.45) is 7.05 Å². The van der Waals surface area contributed by atoms with E-state index >= 15 is 0 Å². The Bertz CT molecular complexity index is 1380. The summed E-state index contributed by atoms with van der Waals surface area (Å²) in [5.41, 5.74) is 9.35. The maximum atomic E-state index is 13.6. The van der Waals surface area contributed by atoms with Gasteiger partial charge in [0.1, 0.15) is 11.9 Å². The van der Waals surface area contributed by atoms with Crippen molar-refractivity contribution in [3.8, 4) is 11.4 Å². The summed E-state index contributed by atoms with van der Waals surface area (Å²) in [5, 5.41) is 10.5. The first-order valence-electron chi connectivity index (χ1n) is 9.48. The van der Waals surface area contributed by atoms with Gasteiger partial charge in [-0.15, -0.1) is 0 Å². The third-order valence-electron chi connectivity index (χ3n) is 5.03. The number of ether oxygens (including phenoxy) is 1. The fourth-order valence-corrected chi connectivity index (χ4v) is 3.63. The number of hydrogen-bond donors (Lipinski definition) is 1. The molecule has 0 bridgehead atoms. The lowest BCUT2D eigenvalue weighted by atomic mass is 10.1. The molecule has 5 rings (SSSR count). The summed E-state index contributed by atoms with van der Waals surface area (Å²) in [6.07, 6.45) is 5.17. The molecular weight excluding hydrogens is 383 g/mol. The number of benzene rings is 2. The summed E-state index contributed by atoms with van der Waals surface area (Å²) in [4.78, 5) is 4.34. The van der Waals surface area contributed by atoms with E-state index in [0.29, 0.717) is 16.7 Å². The average molecular weight is 402 g/mol. The lowest BCUT2D eigenvalue weighted by molar-refractivity contribution is 0.227. The number of halogens is 1. The van der Waals surface area contributed by atoms with Crippen LogP contribution in [0.4, 0.5) is 10.2 Å². The topological polar surface area (TPSA) is 83.8 Å². The Labute approximate surface area is 171 Å². The van der Waals surface area contributed by atoms with Gasteiger partial charge in [0.25, 0.3) is 0 Å². The highest BCUT2D eigenvalue weighted by Crippen LogP contribution is 2.33. The third-order valence-corrected chi connectivity index (χ3v) is 5.03. The number of nitrogens with two attached hydrogens (primary N) is 1. The molecule has 0 radical (unpaired) electrons. The van der Waals surface area contributed by atoms with Crippen LogP contribution in [0, 0.1) is 5.82 Å². The number of anilines is 1. The van der Waals surface area contributed by atoms with E-state index in [1.54, 1.807) is 27.7 Å². The van der Waals surface area contributed by atoms with Crippen LogP contribution in [-0.4, -0.2) is 24.5 Å². The van der Waals surface area contributed by atoms with Gasteiger partial charge in [-0.3, -0.25) is 4.68 Å². The molecule has 0 saturated heterocycles. The normalized spacial score (nSPS) is 12.5. The average Bonchev–Trinajstić information content (AvgIpc) is 3.36. The molecule has 0 fully saturated rings. The van der Waals surface area contributed by atoms with E-state index < -0.39 is 0 Å². The van der Waals surface area contributed by atoms with Gasteiger partial charge in [-0.2, -0.15) is 10.2 Å². The van der Waals surface area contributed by atoms with Crippen LogP contribution < -0.4 is 10.5 Å². The van der Waals surface area contributed by atoms with Gasteiger partial charge in [-0.25, -0.2) is 14.1 Å². The predicted molar refractivity (Wildman–Crippen MR) is 113 cm³/mol. The molecule has 8 heteroatoms. The van der Waals surface area contributed by atoms with E-state index in [1.165, 1.54) is 12.1 Å². The molecule has 0 aliphatic rings. The van der Waals surface area contributed by atoms with E-state index in [-0.39, 0.29) is 17.7 Å². The SMILES string of the molecule is C[C@H](Oc1cc2cc(F)ccc2nc1N)c1cc2nn(C)cc2cc1-n1cccn1. The standard InChI is InChI=1S/C22H19FN6O/c1-13(30-21-10-14-8-16(23)4-5-18(14)26-22(21)24)17-11-19-15(12-28(2)27-19)9-20(17)29-7-3-6-25-29/h3-13H,1-2H3,(H2,24,26)/t13-/m0/s1. The number of nitrogens with zero attached hydrogens (tertiary/aromatic N) is 5. The van der Waals surface area contributed by atoms with Crippen molar-refractivity contribution in [3.63, 3.8) is 0 Å². The second-order valence-electron chi connectivity index (χ2n) is 7.19. The summed E-state index contributed by atoms with van der Waals surface area (Å²) in [7, 11) is 1.88. The molecule has 7 nitrogen and oxygen atoms in total. The largest absolute Gasteiger partial charge is 0.482 e. The van der Waals surface area contributed by atoms with Gasteiger partial charge in [0.05, 0.1) is 16.7 Å². The van der Waals surface area contributed by atoms with Gasteiger partial charge < -0.3 is 10.5 Å². The van der Waals surface area contributed by atoms with Crippen molar-refractivity contribution in [2.45, 2.75) is 13.0 Å². The van der Waals surface area contributed by atoms with Crippen LogP contribution in [0.1, 0.15) is 18.6 Å². The van der Waals surface area contributed by atoms with Crippen molar-refractivity contribution in [2.75, 3.05) is 5.73 Å². The van der Waals surface area contributed by atoms with Crippen LogP contribution in [0.2, 0.25) is 0 Å². The second kappa shape index (κ2) is 6.84. The van der Waals surface area contributed by atoms with Crippen LogP contribution in [0.3, 0.4) is 0 Å². The smallest absolute Gasteiger partial charge is 0.166 e. The van der Waals surface area contributed by atoms with Gasteiger partial charge in [-0.05, 0) is 49.4 Å². The molecule has 0 unspecified atom stereocenters. The quantitative estimate of drug-likeness (QED) is 0.488. The van der Waals surface area contributed by atoms with Crippen molar-refractivity contribution >= 4 is 27.6 Å². The number of rotatable bonds is 4. The Morgan fingerprint density at radius 3 is 2.77 bits per heavy atom. The molecule has 5 aromatic rings. The lowest BCUT2D eigenvalue weighted by Gasteiger charge is -2.19. The molecule has 0 amide bonds. The van der Waals surface area contributed by atoms with E-state index in [1.807, 2.05) is 44.6 Å². The highest BCUT2D eigenvalue weighted by Gasteiger charge is 2.18. The number of hydrogen-bond acceptors (Lipinski definition) is 5. The monoisotopic (exact) mass is 402 g/mol. The summed E-state index contributed by atoms with van der Waals surface area (Å²) < 4.78 is 23.4. The highest BCUT2D eigenvalue weighted by molar-refractivity contribution is 5.83. The molecule has 30 heavy (non-hydrogen) atoms. The van der Waals surface area contributed by atoms with Gasteiger partial charge in [-0.1, -0.05) is 0 Å². The molecule has 3 aromatic heterocycles. The molecular formula is C22H19FN6O. The molecule has 150 valence electrons. The van der Waals surface area contributed by atoms with Crippen LogP contribution in [0.15, 0.2) is 61.1 Å². The van der Waals surface area contributed by atoms with E-state index in [9.17, 15) is 4.39 Å². The van der Waals surface area contributed by atoms with Crippen molar-refractivity contribution < 1.29 is 9.13 Å². The zero-order chi connectivity index (χ0) is 20.8. The van der Waals surface area contributed by atoms with Crippen LogP contribution in [0.25, 0.3) is 27.5 Å². The highest BCUT2D eigenvalue weighted by atomic mass is 19.1. The molecule has 2 N–H and O–H groups in total. The third kappa shape index (κ3) is 3.12. The maximum absolute atomic E-state index is 13.6. The first kappa shape index (κ1) is 18.1. The minimum Gasteiger partial charge on any atom is -0.482 e.